The molecular weight excluding hydrogens is 452 g/mol. The van der Waals surface area contributed by atoms with Crippen LogP contribution in [0.2, 0.25) is 0 Å². The molecule has 0 spiro atoms. The molecular formula is C26H24N2O5S. The first-order valence-corrected chi connectivity index (χ1v) is 12.2. The summed E-state index contributed by atoms with van der Waals surface area (Å²) in [4.78, 5) is 33.0. The third-order valence-electron chi connectivity index (χ3n) is 5.74. The van der Waals surface area contributed by atoms with Gasteiger partial charge in [-0.15, -0.1) is 11.3 Å². The van der Waals surface area contributed by atoms with Crippen molar-refractivity contribution in [3.8, 4) is 11.5 Å². The molecule has 0 saturated heterocycles. The lowest BCUT2D eigenvalue weighted by atomic mass is 9.98. The molecule has 1 amide bonds. The first-order valence-electron chi connectivity index (χ1n) is 11.3. The highest BCUT2D eigenvalue weighted by Gasteiger charge is 2.45. The van der Waals surface area contributed by atoms with E-state index < -0.39 is 6.04 Å². The van der Waals surface area contributed by atoms with Crippen LogP contribution in [0.25, 0.3) is 11.0 Å². The van der Waals surface area contributed by atoms with Crippen molar-refractivity contribution >= 4 is 33.3 Å². The molecule has 0 saturated carbocycles. The molecule has 7 nitrogen and oxygen atoms in total. The number of ether oxygens (including phenoxy) is 2. The SMILES string of the molecule is CCCCOc1ccc(C2c3c(oc4ccccc4c3=O)C(=O)N2c2nccs2)cc1OCC. The largest absolute Gasteiger partial charge is 0.490 e. The van der Waals surface area contributed by atoms with Crippen molar-refractivity contribution in [2.24, 2.45) is 0 Å². The monoisotopic (exact) mass is 476 g/mol. The number of anilines is 1. The summed E-state index contributed by atoms with van der Waals surface area (Å²) in [5.74, 6) is 0.861. The zero-order chi connectivity index (χ0) is 23.7. The summed E-state index contributed by atoms with van der Waals surface area (Å²) in [5.41, 5.74) is 1.18. The smallest absolute Gasteiger partial charge is 0.297 e. The lowest BCUT2D eigenvalue weighted by molar-refractivity contribution is 0.0971. The quantitative estimate of drug-likeness (QED) is 0.309. The normalized spacial score (nSPS) is 15.1. The molecule has 0 aliphatic carbocycles. The van der Waals surface area contributed by atoms with E-state index >= 15 is 0 Å². The second kappa shape index (κ2) is 9.30. The van der Waals surface area contributed by atoms with Gasteiger partial charge in [-0.2, -0.15) is 0 Å². The maximum Gasteiger partial charge on any atom is 0.297 e. The van der Waals surface area contributed by atoms with Gasteiger partial charge in [-0.3, -0.25) is 14.5 Å². The number of unbranched alkanes of at least 4 members (excludes halogenated alkanes) is 1. The number of thiazole rings is 1. The van der Waals surface area contributed by atoms with Crippen LogP contribution in [0.1, 0.15) is 54.4 Å². The van der Waals surface area contributed by atoms with Crippen molar-refractivity contribution in [1.29, 1.82) is 0 Å². The second-order valence-electron chi connectivity index (χ2n) is 7.90. The summed E-state index contributed by atoms with van der Waals surface area (Å²) < 4.78 is 17.8. The Bertz CT molecular complexity index is 1400. The summed E-state index contributed by atoms with van der Waals surface area (Å²) in [6.45, 7) is 5.05. The van der Waals surface area contributed by atoms with Gasteiger partial charge in [0.2, 0.25) is 5.76 Å². The number of benzene rings is 2. The van der Waals surface area contributed by atoms with Crippen molar-refractivity contribution in [3.05, 3.63) is 81.2 Å². The summed E-state index contributed by atoms with van der Waals surface area (Å²) in [7, 11) is 0. The van der Waals surface area contributed by atoms with Crippen LogP contribution in [0, 0.1) is 0 Å². The van der Waals surface area contributed by atoms with E-state index in [1.54, 1.807) is 35.8 Å². The highest BCUT2D eigenvalue weighted by Crippen LogP contribution is 2.43. The summed E-state index contributed by atoms with van der Waals surface area (Å²) in [5, 5.41) is 2.72. The number of amides is 1. The number of hydrogen-bond donors (Lipinski definition) is 0. The Hall–Kier alpha value is -3.65. The van der Waals surface area contributed by atoms with Crippen molar-refractivity contribution < 1.29 is 18.7 Å². The van der Waals surface area contributed by atoms with Crippen molar-refractivity contribution in [2.45, 2.75) is 32.7 Å². The van der Waals surface area contributed by atoms with Gasteiger partial charge in [0.15, 0.2) is 22.1 Å². The van der Waals surface area contributed by atoms with Gasteiger partial charge in [0, 0.05) is 11.6 Å². The number of carbonyl (C=O) groups excluding carboxylic acids is 1. The Morgan fingerprint density at radius 3 is 2.71 bits per heavy atom. The first kappa shape index (κ1) is 22.2. The molecule has 1 atom stereocenters. The summed E-state index contributed by atoms with van der Waals surface area (Å²) in [6, 6.07) is 11.8. The van der Waals surface area contributed by atoms with E-state index in [4.69, 9.17) is 13.9 Å². The van der Waals surface area contributed by atoms with E-state index in [0.717, 1.165) is 18.4 Å². The molecule has 5 rings (SSSR count). The maximum absolute atomic E-state index is 13.6. The Kier molecular flexibility index (Phi) is 6.06. The highest BCUT2D eigenvalue weighted by molar-refractivity contribution is 7.13. The highest BCUT2D eigenvalue weighted by atomic mass is 32.1. The van der Waals surface area contributed by atoms with Crippen molar-refractivity contribution in [3.63, 3.8) is 0 Å². The van der Waals surface area contributed by atoms with Crippen molar-refractivity contribution in [1.82, 2.24) is 4.98 Å². The molecule has 174 valence electrons. The minimum Gasteiger partial charge on any atom is -0.490 e. The molecule has 1 aliphatic rings. The molecule has 0 radical (unpaired) electrons. The fourth-order valence-corrected chi connectivity index (χ4v) is 4.84. The zero-order valence-electron chi connectivity index (χ0n) is 18.9. The van der Waals surface area contributed by atoms with Gasteiger partial charge in [-0.1, -0.05) is 31.5 Å². The molecule has 1 aliphatic heterocycles. The molecule has 8 heteroatoms. The molecule has 0 bridgehead atoms. The number of fused-ring (bicyclic) bond motifs is 2. The van der Waals surface area contributed by atoms with Crippen LogP contribution >= 0.6 is 11.3 Å². The van der Waals surface area contributed by atoms with Gasteiger partial charge < -0.3 is 13.9 Å². The van der Waals surface area contributed by atoms with Gasteiger partial charge in [-0.05, 0) is 43.2 Å². The van der Waals surface area contributed by atoms with Crippen LogP contribution in [-0.4, -0.2) is 24.1 Å². The Labute approximate surface area is 200 Å². The number of carbonyl (C=O) groups is 1. The fourth-order valence-electron chi connectivity index (χ4n) is 4.18. The van der Waals surface area contributed by atoms with E-state index in [9.17, 15) is 9.59 Å². The van der Waals surface area contributed by atoms with Crippen molar-refractivity contribution in [2.75, 3.05) is 18.1 Å². The van der Waals surface area contributed by atoms with Crippen LogP contribution in [0.15, 0.2) is 63.3 Å². The topological polar surface area (TPSA) is 81.9 Å². The van der Waals surface area contributed by atoms with Crippen LogP contribution in [0.5, 0.6) is 11.5 Å². The fraction of sp³-hybridized carbons (Fsp3) is 0.269. The summed E-state index contributed by atoms with van der Waals surface area (Å²) >= 11 is 1.33. The lowest BCUT2D eigenvalue weighted by Crippen LogP contribution is -2.29. The predicted octanol–water partition coefficient (Wildman–Crippen LogP) is 5.58. The third-order valence-corrected chi connectivity index (χ3v) is 6.51. The second-order valence-corrected chi connectivity index (χ2v) is 8.78. The third kappa shape index (κ3) is 3.74. The average molecular weight is 477 g/mol. The standard InChI is InChI=1S/C26H24N2O5S/c1-3-5-13-32-19-11-10-16(15-20(19)31-4-2)22-21-23(29)17-8-6-7-9-18(17)33-24(21)25(30)28(22)26-27-12-14-34-26/h6-12,14-15,22H,3-5,13H2,1-2H3. The Balaban J connectivity index is 1.69. The Morgan fingerprint density at radius 2 is 1.94 bits per heavy atom. The van der Waals surface area contributed by atoms with Crippen LogP contribution in [0.4, 0.5) is 5.13 Å². The molecule has 0 fully saturated rings. The number of hydrogen-bond acceptors (Lipinski definition) is 7. The molecule has 2 aromatic heterocycles. The molecule has 1 unspecified atom stereocenters. The molecule has 3 heterocycles. The number of aromatic nitrogens is 1. The maximum atomic E-state index is 13.6. The van der Waals surface area contributed by atoms with E-state index in [1.165, 1.54) is 16.2 Å². The van der Waals surface area contributed by atoms with Crippen LogP contribution in [0.3, 0.4) is 0 Å². The minimum absolute atomic E-state index is 0.0464. The van der Waals surface area contributed by atoms with Gasteiger partial charge in [0.1, 0.15) is 5.58 Å². The summed E-state index contributed by atoms with van der Waals surface area (Å²) in [6.07, 6.45) is 3.59. The van der Waals surface area contributed by atoms with Gasteiger partial charge in [0.05, 0.1) is 30.2 Å². The lowest BCUT2D eigenvalue weighted by Gasteiger charge is -2.23. The molecule has 34 heavy (non-hydrogen) atoms. The molecule has 4 aromatic rings. The number of rotatable bonds is 8. The van der Waals surface area contributed by atoms with Gasteiger partial charge >= 0.3 is 0 Å². The van der Waals surface area contributed by atoms with Gasteiger partial charge in [0.25, 0.3) is 5.91 Å². The number of para-hydroxylation sites is 1. The van der Waals surface area contributed by atoms with Crippen LogP contribution in [-0.2, 0) is 0 Å². The molecule has 2 aromatic carbocycles. The van der Waals surface area contributed by atoms with E-state index in [0.29, 0.717) is 46.4 Å². The number of nitrogens with zero attached hydrogens (tertiary/aromatic N) is 2. The zero-order valence-corrected chi connectivity index (χ0v) is 19.8. The predicted molar refractivity (Wildman–Crippen MR) is 131 cm³/mol. The van der Waals surface area contributed by atoms with Gasteiger partial charge in [-0.25, -0.2) is 4.98 Å². The minimum atomic E-state index is -0.696. The molecule has 0 N–H and O–H groups in total. The average Bonchev–Trinajstić information content (AvgIpc) is 3.47. The van der Waals surface area contributed by atoms with E-state index in [1.807, 2.05) is 25.1 Å². The van der Waals surface area contributed by atoms with Crippen LogP contribution < -0.4 is 19.8 Å². The van der Waals surface area contributed by atoms with E-state index in [-0.39, 0.29) is 17.1 Å². The van der Waals surface area contributed by atoms with E-state index in [2.05, 4.69) is 11.9 Å². The first-order chi connectivity index (χ1) is 16.6. The Morgan fingerprint density at radius 1 is 1.09 bits per heavy atom.